The van der Waals surface area contributed by atoms with E-state index in [1.54, 1.807) is 0 Å². The van der Waals surface area contributed by atoms with Crippen LogP contribution in [0.15, 0.2) is 237 Å². The number of benzene rings is 10. The zero-order valence-corrected chi connectivity index (χ0v) is 32.9. The van der Waals surface area contributed by atoms with Gasteiger partial charge in [0, 0.05) is 33.8 Å². The maximum Gasteiger partial charge on any atom is 0.135 e. The second-order valence-corrected chi connectivity index (χ2v) is 15.3. The van der Waals surface area contributed by atoms with Crippen molar-refractivity contribution in [2.24, 2.45) is 0 Å². The van der Waals surface area contributed by atoms with Crippen molar-refractivity contribution in [3.63, 3.8) is 0 Å². The number of anilines is 3. The average molecular weight is 766 g/mol. The summed E-state index contributed by atoms with van der Waals surface area (Å²) < 4.78 is 7.00. The molecule has 0 N–H and O–H groups in total. The van der Waals surface area contributed by atoms with Crippen LogP contribution in [0.25, 0.3) is 77.5 Å². The van der Waals surface area contributed by atoms with Gasteiger partial charge < -0.3 is 9.64 Å². The van der Waals surface area contributed by atoms with Crippen LogP contribution in [0.5, 0.6) is 11.5 Å². The van der Waals surface area contributed by atoms with Gasteiger partial charge in [-0.15, -0.1) is 0 Å². The van der Waals surface area contributed by atoms with Gasteiger partial charge in [-0.1, -0.05) is 182 Å². The molecule has 10 aromatic carbocycles. The molecule has 0 aromatic heterocycles. The van der Waals surface area contributed by atoms with Crippen LogP contribution < -0.4 is 9.64 Å². The average Bonchev–Trinajstić information content (AvgIpc) is 3.46. The summed E-state index contributed by atoms with van der Waals surface area (Å²) in [7, 11) is 0. The molecule has 2 heteroatoms. The van der Waals surface area contributed by atoms with Crippen LogP contribution in [-0.2, 0) is 0 Å². The van der Waals surface area contributed by atoms with E-state index in [4.69, 9.17) is 4.74 Å². The lowest BCUT2D eigenvalue weighted by Gasteiger charge is -2.26. The molecule has 0 radical (unpaired) electrons. The Kier molecular flexibility index (Phi) is 8.87. The van der Waals surface area contributed by atoms with Gasteiger partial charge >= 0.3 is 0 Å². The van der Waals surface area contributed by atoms with Crippen molar-refractivity contribution in [3.05, 3.63) is 237 Å². The normalized spacial score (nSPS) is 11.5. The second kappa shape index (κ2) is 15.1. The first-order valence-electron chi connectivity index (χ1n) is 20.5. The summed E-state index contributed by atoms with van der Waals surface area (Å²) in [5.41, 5.74) is 17.1. The summed E-state index contributed by atoms with van der Waals surface area (Å²) in [6.45, 7) is 0. The van der Waals surface area contributed by atoms with E-state index in [0.717, 1.165) is 61.8 Å². The highest BCUT2D eigenvalue weighted by atomic mass is 16.5. The van der Waals surface area contributed by atoms with E-state index in [2.05, 4.69) is 241 Å². The molecular weight excluding hydrogens is 727 g/mol. The van der Waals surface area contributed by atoms with Gasteiger partial charge in [-0.25, -0.2) is 0 Å². The lowest BCUT2D eigenvalue weighted by molar-refractivity contribution is 0.488. The Morgan fingerprint density at radius 1 is 0.250 bits per heavy atom. The highest BCUT2D eigenvalue weighted by molar-refractivity contribution is 6.05. The Balaban J connectivity index is 1.05. The summed E-state index contributed by atoms with van der Waals surface area (Å²) in [4.78, 5) is 2.34. The number of hydrogen-bond donors (Lipinski definition) is 0. The Labute approximate surface area is 350 Å². The van der Waals surface area contributed by atoms with E-state index < -0.39 is 0 Å². The maximum absolute atomic E-state index is 7.00. The summed E-state index contributed by atoms with van der Waals surface area (Å²) >= 11 is 0. The Hall–Kier alpha value is -7.94. The molecule has 11 rings (SSSR count). The standard InChI is InChI=1S/C58H39NO/c1-4-14-40(15-5-1)42-26-32-48(33-27-42)59(49-34-28-43(29-35-49)41-16-6-2-7-17-41)50-36-30-45(31-37-50)52-23-13-25-55-58(52)57-51(44-18-8-3-9-19-44)22-12-24-53(57)54-38-46-20-10-11-21-47(46)39-56(54)60-55/h1-39H. The van der Waals surface area contributed by atoms with Gasteiger partial charge in [0.1, 0.15) is 11.5 Å². The second-order valence-electron chi connectivity index (χ2n) is 15.3. The SMILES string of the molecule is c1ccc(-c2ccc(N(c3ccc(-c4ccccc4)cc3)c3ccc(-c4cccc5c4-c4c(-c6ccccc6)cccc4-c4cc6ccccc6cc4O5)cc3)cc2)cc1. The third-order valence-electron chi connectivity index (χ3n) is 11.7. The molecule has 0 amide bonds. The van der Waals surface area contributed by atoms with Crippen LogP contribution in [0.2, 0.25) is 0 Å². The molecule has 282 valence electrons. The van der Waals surface area contributed by atoms with Crippen molar-refractivity contribution < 1.29 is 4.74 Å². The van der Waals surface area contributed by atoms with Gasteiger partial charge in [0.25, 0.3) is 0 Å². The molecule has 0 atom stereocenters. The van der Waals surface area contributed by atoms with Crippen molar-refractivity contribution in [2.75, 3.05) is 4.90 Å². The van der Waals surface area contributed by atoms with Gasteiger partial charge in [-0.05, 0) is 115 Å². The van der Waals surface area contributed by atoms with Gasteiger partial charge in [0.15, 0.2) is 0 Å². The first-order valence-corrected chi connectivity index (χ1v) is 20.5. The predicted molar refractivity (Wildman–Crippen MR) is 251 cm³/mol. The number of fused-ring (bicyclic) bond motifs is 6. The van der Waals surface area contributed by atoms with E-state index in [0.29, 0.717) is 0 Å². The van der Waals surface area contributed by atoms with Crippen LogP contribution in [-0.4, -0.2) is 0 Å². The minimum atomic E-state index is 0.842. The molecular formula is C58H39NO. The number of rotatable bonds is 7. The number of hydrogen-bond acceptors (Lipinski definition) is 2. The Morgan fingerprint density at radius 3 is 1.20 bits per heavy atom. The Morgan fingerprint density at radius 2 is 0.650 bits per heavy atom. The summed E-state index contributed by atoms with van der Waals surface area (Å²) in [5.74, 6) is 1.70. The number of ether oxygens (including phenoxy) is 1. The van der Waals surface area contributed by atoms with Crippen LogP contribution in [0.3, 0.4) is 0 Å². The molecule has 0 unspecified atom stereocenters. The monoisotopic (exact) mass is 765 g/mol. The molecule has 0 aliphatic carbocycles. The van der Waals surface area contributed by atoms with Gasteiger partial charge in [0.05, 0.1) is 0 Å². The Bertz CT molecular complexity index is 3040. The molecule has 0 spiro atoms. The smallest absolute Gasteiger partial charge is 0.135 e. The van der Waals surface area contributed by atoms with Crippen LogP contribution in [0.4, 0.5) is 17.1 Å². The molecule has 0 saturated carbocycles. The zero-order chi connectivity index (χ0) is 39.8. The largest absolute Gasteiger partial charge is 0.456 e. The molecule has 10 aromatic rings. The number of nitrogens with zero attached hydrogens (tertiary/aromatic N) is 1. The van der Waals surface area contributed by atoms with E-state index in [1.165, 1.54) is 44.3 Å². The highest BCUT2D eigenvalue weighted by Crippen LogP contribution is 2.54. The summed E-state index contributed by atoms with van der Waals surface area (Å²) in [6, 6.07) is 84.7. The van der Waals surface area contributed by atoms with Crippen LogP contribution in [0.1, 0.15) is 0 Å². The van der Waals surface area contributed by atoms with Crippen LogP contribution in [0, 0.1) is 0 Å². The van der Waals surface area contributed by atoms with Crippen LogP contribution >= 0.6 is 0 Å². The molecule has 0 bridgehead atoms. The zero-order valence-electron chi connectivity index (χ0n) is 32.9. The van der Waals surface area contributed by atoms with Crippen molar-refractivity contribution in [2.45, 2.75) is 0 Å². The fourth-order valence-electron chi connectivity index (χ4n) is 8.76. The maximum atomic E-state index is 7.00. The molecule has 0 saturated heterocycles. The van der Waals surface area contributed by atoms with Crippen molar-refractivity contribution in [1.82, 2.24) is 0 Å². The molecule has 1 heterocycles. The van der Waals surface area contributed by atoms with Crippen molar-refractivity contribution in [1.29, 1.82) is 0 Å². The van der Waals surface area contributed by atoms with E-state index >= 15 is 0 Å². The van der Waals surface area contributed by atoms with E-state index in [-0.39, 0.29) is 0 Å². The third-order valence-corrected chi connectivity index (χ3v) is 11.7. The van der Waals surface area contributed by atoms with Gasteiger partial charge in [0.2, 0.25) is 0 Å². The van der Waals surface area contributed by atoms with E-state index in [1.807, 2.05) is 0 Å². The fourth-order valence-corrected chi connectivity index (χ4v) is 8.76. The van der Waals surface area contributed by atoms with Crippen molar-refractivity contribution in [3.8, 4) is 78.3 Å². The lowest BCUT2D eigenvalue weighted by atomic mass is 9.84. The lowest BCUT2D eigenvalue weighted by Crippen LogP contribution is -2.09. The minimum absolute atomic E-state index is 0.842. The summed E-state index contributed by atoms with van der Waals surface area (Å²) in [6.07, 6.45) is 0. The molecule has 2 nitrogen and oxygen atoms in total. The van der Waals surface area contributed by atoms with Crippen molar-refractivity contribution >= 4 is 27.8 Å². The summed E-state index contributed by atoms with van der Waals surface area (Å²) in [5, 5.41) is 2.34. The molecule has 1 aliphatic heterocycles. The minimum Gasteiger partial charge on any atom is -0.456 e. The van der Waals surface area contributed by atoms with Gasteiger partial charge in [-0.3, -0.25) is 0 Å². The predicted octanol–water partition coefficient (Wildman–Crippen LogP) is 16.4. The topological polar surface area (TPSA) is 12.5 Å². The first kappa shape index (κ1) is 35.2. The first-order chi connectivity index (χ1) is 29.7. The van der Waals surface area contributed by atoms with E-state index in [9.17, 15) is 0 Å². The quantitative estimate of drug-likeness (QED) is 0.160. The molecule has 1 aliphatic rings. The highest BCUT2D eigenvalue weighted by Gasteiger charge is 2.27. The molecule has 0 fully saturated rings. The van der Waals surface area contributed by atoms with Gasteiger partial charge in [-0.2, -0.15) is 0 Å². The fraction of sp³-hybridized carbons (Fsp3) is 0. The third kappa shape index (κ3) is 6.41. The molecule has 60 heavy (non-hydrogen) atoms.